The van der Waals surface area contributed by atoms with Crippen LogP contribution in [0.1, 0.15) is 49.0 Å². The lowest BCUT2D eigenvalue weighted by Gasteiger charge is -2.23. The minimum Gasteiger partial charge on any atom is -0.477 e. The molecule has 0 fully saturated rings. The quantitative estimate of drug-likeness (QED) is 0.693. The van der Waals surface area contributed by atoms with Crippen molar-refractivity contribution in [2.24, 2.45) is 0 Å². The second-order valence-corrected chi connectivity index (χ2v) is 5.48. The Hall–Kier alpha value is -2.46. The Morgan fingerprint density at radius 2 is 1.77 bits per heavy atom. The van der Waals surface area contributed by atoms with Gasteiger partial charge in [0.1, 0.15) is 0 Å². The molecule has 1 atom stereocenters. The van der Waals surface area contributed by atoms with Crippen LogP contribution < -0.4 is 0 Å². The first-order valence-electron chi connectivity index (χ1n) is 7.89. The maximum Gasteiger partial charge on any atom is 0.184 e. The topological polar surface area (TPSA) is 9.23 Å². The number of hydrogen-bond acceptors (Lipinski definition) is 1. The fraction of sp³-hybridized carbons (Fsp3) is 0.238. The van der Waals surface area contributed by atoms with Crippen molar-refractivity contribution in [2.75, 3.05) is 0 Å². The third-order valence-corrected chi connectivity index (χ3v) is 3.76. The minimum absolute atomic E-state index is 0.173. The average Bonchev–Trinajstić information content (AvgIpc) is 2.58. The summed E-state index contributed by atoms with van der Waals surface area (Å²) < 4.78 is 6.12. The molecule has 0 saturated carbocycles. The van der Waals surface area contributed by atoms with E-state index in [9.17, 15) is 0 Å². The number of fused-ring (bicyclic) bond motifs is 1. The summed E-state index contributed by atoms with van der Waals surface area (Å²) in [4.78, 5) is 0. The molecular weight excluding hydrogens is 268 g/mol. The van der Waals surface area contributed by atoms with E-state index in [1.807, 2.05) is 36.4 Å². The van der Waals surface area contributed by atoms with E-state index in [1.165, 1.54) is 12.0 Å². The van der Waals surface area contributed by atoms with Gasteiger partial charge in [-0.25, -0.2) is 0 Å². The van der Waals surface area contributed by atoms with Crippen LogP contribution in [0.15, 0.2) is 60.4 Å². The van der Waals surface area contributed by atoms with Crippen molar-refractivity contribution < 1.29 is 4.74 Å². The highest BCUT2D eigenvalue weighted by Gasteiger charge is 2.19. The molecule has 0 radical (unpaired) electrons. The summed E-state index contributed by atoms with van der Waals surface area (Å²) in [6.45, 7) is 2.20. The van der Waals surface area contributed by atoms with E-state index in [-0.39, 0.29) is 6.10 Å². The van der Waals surface area contributed by atoms with Crippen molar-refractivity contribution >= 4 is 6.08 Å². The summed E-state index contributed by atoms with van der Waals surface area (Å²) in [6.07, 6.45) is 5.28. The van der Waals surface area contributed by atoms with Gasteiger partial charge in [0, 0.05) is 17.5 Å². The Kier molecular flexibility index (Phi) is 4.61. The third kappa shape index (κ3) is 3.40. The van der Waals surface area contributed by atoms with Gasteiger partial charge in [-0.1, -0.05) is 61.7 Å². The van der Waals surface area contributed by atoms with Crippen molar-refractivity contribution in [3.8, 4) is 11.8 Å². The molecule has 2 aromatic carbocycles. The summed E-state index contributed by atoms with van der Waals surface area (Å²) in [5, 5.41) is 0. The summed E-state index contributed by atoms with van der Waals surface area (Å²) in [5.41, 5.74) is 3.41. The fourth-order valence-corrected chi connectivity index (χ4v) is 2.56. The Bertz CT molecular complexity index is 716. The number of ether oxygens (including phenoxy) is 1. The average molecular weight is 288 g/mol. The van der Waals surface area contributed by atoms with Crippen LogP contribution in [0.5, 0.6) is 0 Å². The van der Waals surface area contributed by atoms with Gasteiger partial charge in [0.15, 0.2) is 6.10 Å². The number of allylic oxidation sites excluding steroid dienone is 1. The molecule has 1 aliphatic heterocycles. The summed E-state index contributed by atoms with van der Waals surface area (Å²) in [6, 6.07) is 18.4. The Balaban J connectivity index is 1.88. The van der Waals surface area contributed by atoms with Gasteiger partial charge < -0.3 is 4.74 Å². The molecule has 0 amide bonds. The van der Waals surface area contributed by atoms with Crippen LogP contribution in [0.4, 0.5) is 0 Å². The standard InChI is InChI=1S/C21H20O/c1-2-3-12-19-16-18-11-7-8-13-20(18)21(22-19)15-14-17-9-5-4-6-10-17/h4-11,13,16,21H,2-3,12H2,1H3. The van der Waals surface area contributed by atoms with Gasteiger partial charge in [-0.2, -0.15) is 0 Å². The zero-order chi connectivity index (χ0) is 15.2. The maximum absolute atomic E-state index is 6.12. The van der Waals surface area contributed by atoms with Crippen molar-refractivity contribution in [1.29, 1.82) is 0 Å². The lowest BCUT2D eigenvalue weighted by Crippen LogP contribution is -2.09. The molecule has 0 bridgehead atoms. The van der Waals surface area contributed by atoms with Crippen molar-refractivity contribution in [2.45, 2.75) is 32.3 Å². The minimum atomic E-state index is -0.173. The highest BCUT2D eigenvalue weighted by molar-refractivity contribution is 5.59. The molecule has 0 spiro atoms. The van der Waals surface area contributed by atoms with Gasteiger partial charge in [-0.15, -0.1) is 0 Å². The first-order valence-corrected chi connectivity index (χ1v) is 7.89. The second-order valence-electron chi connectivity index (χ2n) is 5.48. The van der Waals surface area contributed by atoms with Crippen molar-refractivity contribution in [1.82, 2.24) is 0 Å². The first-order chi connectivity index (χ1) is 10.9. The van der Waals surface area contributed by atoms with E-state index < -0.39 is 0 Å². The maximum atomic E-state index is 6.12. The Morgan fingerprint density at radius 3 is 2.59 bits per heavy atom. The molecule has 0 saturated heterocycles. The molecule has 1 heteroatoms. The molecule has 0 aliphatic carbocycles. The molecule has 0 N–H and O–H groups in total. The predicted octanol–water partition coefficient (Wildman–Crippen LogP) is 5.34. The molecule has 110 valence electrons. The molecule has 0 aromatic heterocycles. The van der Waals surface area contributed by atoms with E-state index in [0.29, 0.717) is 0 Å². The molecule has 1 unspecified atom stereocenters. The SMILES string of the molecule is CCCCC1=Cc2ccccc2C(C#Cc2ccccc2)O1. The third-order valence-electron chi connectivity index (χ3n) is 3.76. The zero-order valence-electron chi connectivity index (χ0n) is 12.9. The van der Waals surface area contributed by atoms with Crippen LogP contribution in [0.3, 0.4) is 0 Å². The fourth-order valence-electron chi connectivity index (χ4n) is 2.56. The van der Waals surface area contributed by atoms with Crippen LogP contribution in [0, 0.1) is 11.8 Å². The number of benzene rings is 2. The monoisotopic (exact) mass is 288 g/mol. The highest BCUT2D eigenvalue weighted by atomic mass is 16.5. The van der Waals surface area contributed by atoms with Crippen LogP contribution >= 0.6 is 0 Å². The van der Waals surface area contributed by atoms with E-state index in [1.54, 1.807) is 0 Å². The van der Waals surface area contributed by atoms with Gasteiger partial charge >= 0.3 is 0 Å². The molecule has 1 nitrogen and oxygen atoms in total. The van der Waals surface area contributed by atoms with E-state index in [2.05, 4.69) is 43.0 Å². The first kappa shape index (κ1) is 14.5. The summed E-state index contributed by atoms with van der Waals surface area (Å²) >= 11 is 0. The van der Waals surface area contributed by atoms with Crippen LogP contribution in [-0.4, -0.2) is 0 Å². The Morgan fingerprint density at radius 1 is 1.00 bits per heavy atom. The molecule has 1 heterocycles. The van der Waals surface area contributed by atoms with Crippen LogP contribution in [0.25, 0.3) is 6.08 Å². The van der Waals surface area contributed by atoms with E-state index >= 15 is 0 Å². The normalized spacial score (nSPS) is 15.9. The smallest absolute Gasteiger partial charge is 0.184 e. The van der Waals surface area contributed by atoms with Gasteiger partial charge in [-0.3, -0.25) is 0 Å². The lowest BCUT2D eigenvalue weighted by atomic mass is 9.98. The molecular formula is C21H20O. The lowest BCUT2D eigenvalue weighted by molar-refractivity contribution is 0.153. The molecule has 3 rings (SSSR count). The highest BCUT2D eigenvalue weighted by Crippen LogP contribution is 2.32. The molecule has 1 aliphatic rings. The van der Waals surface area contributed by atoms with Crippen LogP contribution in [-0.2, 0) is 4.74 Å². The van der Waals surface area contributed by atoms with E-state index in [4.69, 9.17) is 4.74 Å². The number of rotatable bonds is 3. The largest absolute Gasteiger partial charge is 0.477 e. The van der Waals surface area contributed by atoms with E-state index in [0.717, 1.165) is 29.7 Å². The number of hydrogen-bond donors (Lipinski definition) is 0. The van der Waals surface area contributed by atoms with Crippen LogP contribution in [0.2, 0.25) is 0 Å². The van der Waals surface area contributed by atoms with Gasteiger partial charge in [0.05, 0.1) is 5.76 Å². The van der Waals surface area contributed by atoms with Gasteiger partial charge in [-0.05, 0) is 36.1 Å². The number of unbranched alkanes of at least 4 members (excludes halogenated alkanes) is 1. The van der Waals surface area contributed by atoms with Gasteiger partial charge in [0.2, 0.25) is 0 Å². The summed E-state index contributed by atoms with van der Waals surface area (Å²) in [5.74, 6) is 7.57. The predicted molar refractivity (Wildman–Crippen MR) is 91.1 cm³/mol. The zero-order valence-corrected chi connectivity index (χ0v) is 12.9. The second kappa shape index (κ2) is 7.00. The van der Waals surface area contributed by atoms with Gasteiger partial charge in [0.25, 0.3) is 0 Å². The van der Waals surface area contributed by atoms with Crippen molar-refractivity contribution in [3.63, 3.8) is 0 Å². The summed E-state index contributed by atoms with van der Waals surface area (Å²) in [7, 11) is 0. The molecule has 2 aromatic rings. The molecule has 22 heavy (non-hydrogen) atoms. The Labute approximate surface area is 132 Å². The van der Waals surface area contributed by atoms with Crippen molar-refractivity contribution in [3.05, 3.63) is 77.0 Å².